The van der Waals surface area contributed by atoms with Crippen molar-refractivity contribution in [3.63, 3.8) is 0 Å². The lowest BCUT2D eigenvalue weighted by molar-refractivity contribution is -0.131. The van der Waals surface area contributed by atoms with Gasteiger partial charge in [-0.15, -0.1) is 0 Å². The van der Waals surface area contributed by atoms with Crippen LogP contribution in [0.1, 0.15) is 18.6 Å². The van der Waals surface area contributed by atoms with Crippen molar-refractivity contribution in [1.29, 1.82) is 0 Å². The number of carbonyl (C=O) groups excluding carboxylic acids is 1. The molecule has 0 unspecified atom stereocenters. The van der Waals surface area contributed by atoms with Gasteiger partial charge < -0.3 is 24.4 Å². The summed E-state index contributed by atoms with van der Waals surface area (Å²) in [6, 6.07) is 13.7. The Kier molecular flexibility index (Phi) is 10.0. The average molecular weight is 494 g/mol. The van der Waals surface area contributed by atoms with Gasteiger partial charge in [-0.25, -0.2) is 9.59 Å². The highest BCUT2D eigenvalue weighted by atomic mass is 79.9. The number of nitrogens with one attached hydrogen (secondary N) is 1. The molecule has 0 aliphatic rings. The molecular formula is C22H24BrNO7. The molecule has 0 aromatic heterocycles. The molecule has 9 heteroatoms. The Morgan fingerprint density at radius 3 is 2.39 bits per heavy atom. The van der Waals surface area contributed by atoms with Gasteiger partial charge in [-0.05, 0) is 55.0 Å². The Morgan fingerprint density at radius 2 is 1.81 bits per heavy atom. The summed E-state index contributed by atoms with van der Waals surface area (Å²) < 4.78 is 17.5. The van der Waals surface area contributed by atoms with Gasteiger partial charge in [0.15, 0.2) is 6.10 Å². The molecule has 0 heterocycles. The summed E-state index contributed by atoms with van der Waals surface area (Å²) in [7, 11) is 0. The zero-order valence-electron chi connectivity index (χ0n) is 16.9. The number of hydrogen-bond donors (Lipinski definition) is 3. The number of amides is 1. The van der Waals surface area contributed by atoms with E-state index < -0.39 is 24.3 Å². The zero-order chi connectivity index (χ0) is 22.6. The maximum Gasteiger partial charge on any atom is 0.412 e. The molecule has 0 saturated heterocycles. The van der Waals surface area contributed by atoms with Crippen molar-refractivity contribution < 1.29 is 34.0 Å². The van der Waals surface area contributed by atoms with Crippen LogP contribution in [-0.4, -0.2) is 48.2 Å². The van der Waals surface area contributed by atoms with Gasteiger partial charge in [0.05, 0.1) is 6.61 Å². The average Bonchev–Trinajstić information content (AvgIpc) is 2.75. The number of aliphatic hydroxyl groups excluding tert-OH is 1. The summed E-state index contributed by atoms with van der Waals surface area (Å²) in [5, 5.41) is 20.5. The molecule has 0 bridgehead atoms. The van der Waals surface area contributed by atoms with E-state index in [-0.39, 0.29) is 19.8 Å². The van der Waals surface area contributed by atoms with E-state index >= 15 is 0 Å². The zero-order valence-corrected chi connectivity index (χ0v) is 18.4. The van der Waals surface area contributed by atoms with Crippen LogP contribution in [0.2, 0.25) is 0 Å². The lowest BCUT2D eigenvalue weighted by Gasteiger charge is -2.25. The normalized spacial score (nSPS) is 12.9. The summed E-state index contributed by atoms with van der Waals surface area (Å²) in [4.78, 5) is 23.5. The van der Waals surface area contributed by atoms with Crippen LogP contribution in [-0.2, 0) is 14.3 Å². The number of anilines is 1. The third kappa shape index (κ3) is 8.41. The molecule has 2 aromatic rings. The summed E-state index contributed by atoms with van der Waals surface area (Å²) in [5.74, 6) is -0.611. The van der Waals surface area contributed by atoms with Crippen molar-refractivity contribution in [2.75, 3.05) is 25.1 Å². The number of aliphatic carboxylic acids is 1. The van der Waals surface area contributed by atoms with Crippen LogP contribution >= 0.6 is 15.9 Å². The molecule has 0 saturated carbocycles. The molecule has 8 nitrogen and oxygen atoms in total. The summed E-state index contributed by atoms with van der Waals surface area (Å²) in [5.41, 5.74) is 1.12. The summed E-state index contributed by atoms with van der Waals surface area (Å²) in [6.45, 7) is 2.07. The smallest absolute Gasteiger partial charge is 0.412 e. The van der Waals surface area contributed by atoms with Crippen LogP contribution < -0.4 is 10.1 Å². The third-order valence-corrected chi connectivity index (χ3v) is 4.51. The van der Waals surface area contributed by atoms with Crippen molar-refractivity contribution in [3.05, 3.63) is 70.7 Å². The first-order chi connectivity index (χ1) is 14.9. The first-order valence-corrected chi connectivity index (χ1v) is 10.3. The molecule has 0 spiro atoms. The molecule has 2 rings (SSSR count). The number of carbonyl (C=O) groups is 2. The van der Waals surface area contributed by atoms with Gasteiger partial charge in [0.1, 0.15) is 18.5 Å². The van der Waals surface area contributed by atoms with E-state index in [0.717, 1.165) is 10.5 Å². The van der Waals surface area contributed by atoms with Crippen LogP contribution in [0.5, 0.6) is 5.75 Å². The van der Waals surface area contributed by atoms with Crippen molar-refractivity contribution in [3.8, 4) is 5.75 Å². The predicted molar refractivity (Wildman–Crippen MR) is 118 cm³/mol. The summed E-state index contributed by atoms with van der Waals surface area (Å²) in [6.07, 6.45) is -0.193. The lowest BCUT2D eigenvalue weighted by Crippen LogP contribution is -2.27. The van der Waals surface area contributed by atoms with Crippen molar-refractivity contribution in [2.24, 2.45) is 0 Å². The fourth-order valence-corrected chi connectivity index (χ4v) is 2.92. The van der Waals surface area contributed by atoms with Crippen LogP contribution in [0.15, 0.2) is 65.2 Å². The van der Waals surface area contributed by atoms with Gasteiger partial charge in [0.25, 0.3) is 0 Å². The van der Waals surface area contributed by atoms with Crippen LogP contribution in [0.4, 0.5) is 10.5 Å². The highest BCUT2D eigenvalue weighted by Gasteiger charge is 2.26. The fraction of sp³-hybridized carbons (Fsp3) is 0.273. The standard InChI is InChI=1S/C22H24BrNO7/c1-2-29-19(11-12-20(26)27)21(15-3-9-18(10-4-15)30-14-13-25)31-22(28)24-17-7-5-16(23)6-8-17/h3-12,19,21,25H,2,13-14H2,1H3,(H,24,28)(H,26,27)/b12-11+/t19-,21-/m1/s1. The van der Waals surface area contributed by atoms with E-state index in [1.54, 1.807) is 55.5 Å². The number of benzene rings is 2. The highest BCUT2D eigenvalue weighted by Crippen LogP contribution is 2.27. The van der Waals surface area contributed by atoms with Gasteiger partial charge >= 0.3 is 12.1 Å². The third-order valence-electron chi connectivity index (χ3n) is 3.98. The Labute approximate surface area is 188 Å². The largest absolute Gasteiger partial charge is 0.491 e. The van der Waals surface area contributed by atoms with Crippen molar-refractivity contribution in [1.82, 2.24) is 0 Å². The maximum atomic E-state index is 12.5. The van der Waals surface area contributed by atoms with Crippen LogP contribution in [0, 0.1) is 0 Å². The molecule has 0 aliphatic heterocycles. The monoisotopic (exact) mass is 493 g/mol. The minimum absolute atomic E-state index is 0.115. The SMILES string of the molecule is CCO[C@H](/C=C/C(=O)O)[C@H](OC(=O)Nc1ccc(Br)cc1)c1ccc(OCCO)cc1. The number of carboxylic acid groups (broad SMARTS) is 1. The molecule has 2 aromatic carbocycles. The Bertz CT molecular complexity index is 868. The van der Waals surface area contributed by atoms with E-state index in [2.05, 4.69) is 21.2 Å². The molecule has 166 valence electrons. The number of carboxylic acids is 1. The number of halogens is 1. The molecule has 3 N–H and O–H groups in total. The highest BCUT2D eigenvalue weighted by molar-refractivity contribution is 9.10. The van der Waals surface area contributed by atoms with E-state index in [1.165, 1.54) is 6.08 Å². The Hall–Kier alpha value is -2.88. The second-order valence-corrected chi connectivity index (χ2v) is 7.13. The summed E-state index contributed by atoms with van der Waals surface area (Å²) >= 11 is 3.33. The molecule has 0 aliphatic carbocycles. The molecule has 1 amide bonds. The number of ether oxygens (including phenoxy) is 3. The number of hydrogen-bond acceptors (Lipinski definition) is 6. The fourth-order valence-electron chi connectivity index (χ4n) is 2.65. The van der Waals surface area contributed by atoms with Gasteiger partial charge in [0.2, 0.25) is 0 Å². The van der Waals surface area contributed by atoms with E-state index in [4.69, 9.17) is 24.4 Å². The van der Waals surface area contributed by atoms with Gasteiger partial charge in [-0.3, -0.25) is 5.32 Å². The Morgan fingerprint density at radius 1 is 1.13 bits per heavy atom. The second-order valence-electron chi connectivity index (χ2n) is 6.22. The topological polar surface area (TPSA) is 114 Å². The number of rotatable bonds is 11. The second kappa shape index (κ2) is 12.7. The number of aliphatic hydroxyl groups is 1. The molecule has 0 radical (unpaired) electrons. The lowest BCUT2D eigenvalue weighted by atomic mass is 10.0. The first-order valence-electron chi connectivity index (χ1n) is 9.52. The molecule has 31 heavy (non-hydrogen) atoms. The van der Waals surface area contributed by atoms with Gasteiger partial charge in [-0.2, -0.15) is 0 Å². The van der Waals surface area contributed by atoms with Gasteiger partial charge in [-0.1, -0.05) is 28.1 Å². The molecule has 0 fully saturated rings. The maximum absolute atomic E-state index is 12.5. The minimum Gasteiger partial charge on any atom is -0.491 e. The van der Waals surface area contributed by atoms with E-state index in [0.29, 0.717) is 17.0 Å². The van der Waals surface area contributed by atoms with Gasteiger partial charge in [0, 0.05) is 22.8 Å². The van der Waals surface area contributed by atoms with Crippen molar-refractivity contribution in [2.45, 2.75) is 19.1 Å². The van der Waals surface area contributed by atoms with E-state index in [9.17, 15) is 9.59 Å². The minimum atomic E-state index is -1.14. The van der Waals surface area contributed by atoms with Crippen LogP contribution in [0.3, 0.4) is 0 Å². The van der Waals surface area contributed by atoms with Crippen LogP contribution in [0.25, 0.3) is 0 Å². The first kappa shape index (κ1) is 24.4. The predicted octanol–water partition coefficient (Wildman–Crippen LogP) is 4.16. The Balaban J connectivity index is 2.25. The molecule has 2 atom stereocenters. The van der Waals surface area contributed by atoms with E-state index in [1.807, 2.05) is 0 Å². The van der Waals surface area contributed by atoms with Crippen molar-refractivity contribution >= 4 is 33.7 Å². The quantitative estimate of drug-likeness (QED) is 0.402. The molecular weight excluding hydrogens is 470 g/mol.